The number of aryl methyl sites for hydroxylation is 2. The van der Waals surface area contributed by atoms with Crippen molar-refractivity contribution in [1.82, 2.24) is 14.9 Å². The molecule has 1 fully saturated rings. The van der Waals surface area contributed by atoms with Crippen LogP contribution in [0.25, 0.3) is 0 Å². The van der Waals surface area contributed by atoms with Crippen LogP contribution in [0, 0.1) is 6.92 Å². The van der Waals surface area contributed by atoms with E-state index in [4.69, 9.17) is 9.47 Å². The van der Waals surface area contributed by atoms with Crippen LogP contribution >= 0.6 is 0 Å². The molecule has 2 heterocycles. The third-order valence-corrected chi connectivity index (χ3v) is 5.17. The van der Waals surface area contributed by atoms with Gasteiger partial charge in [0, 0.05) is 36.5 Å². The Kier molecular flexibility index (Phi) is 6.80. The zero-order chi connectivity index (χ0) is 19.2. The summed E-state index contributed by atoms with van der Waals surface area (Å²) < 4.78 is 11.7. The lowest BCUT2D eigenvalue weighted by molar-refractivity contribution is 0.0459. The van der Waals surface area contributed by atoms with Crippen LogP contribution < -0.4 is 4.74 Å². The van der Waals surface area contributed by atoms with Crippen LogP contribution in [-0.2, 0) is 24.2 Å². The van der Waals surface area contributed by atoms with E-state index in [0.29, 0.717) is 12.7 Å². The van der Waals surface area contributed by atoms with E-state index in [1.165, 1.54) is 5.56 Å². The average Bonchev–Trinajstić information content (AvgIpc) is 3.14. The topological polar surface area (TPSA) is 47.5 Å². The number of nitrogens with zero attached hydrogens (tertiary/aromatic N) is 3. The van der Waals surface area contributed by atoms with Crippen molar-refractivity contribution in [3.63, 3.8) is 0 Å². The zero-order valence-corrected chi connectivity index (χ0v) is 17.0. The summed E-state index contributed by atoms with van der Waals surface area (Å²) in [7, 11) is 1.71. The molecule has 1 aromatic heterocycles. The molecule has 27 heavy (non-hydrogen) atoms. The van der Waals surface area contributed by atoms with Gasteiger partial charge in [0.2, 0.25) is 0 Å². The van der Waals surface area contributed by atoms with Crippen LogP contribution in [0.5, 0.6) is 5.75 Å². The molecule has 1 aliphatic heterocycles. The van der Waals surface area contributed by atoms with E-state index in [1.807, 2.05) is 13.0 Å². The maximum atomic E-state index is 6.17. The van der Waals surface area contributed by atoms with Gasteiger partial charge >= 0.3 is 0 Å². The largest absolute Gasteiger partial charge is 0.496 e. The van der Waals surface area contributed by atoms with Crippen LogP contribution in [0.3, 0.4) is 0 Å². The van der Waals surface area contributed by atoms with Crippen molar-refractivity contribution < 1.29 is 9.47 Å². The van der Waals surface area contributed by atoms with E-state index in [0.717, 1.165) is 67.4 Å². The Labute approximate surface area is 162 Å². The van der Waals surface area contributed by atoms with Crippen molar-refractivity contribution in [3.05, 3.63) is 52.6 Å². The molecule has 5 nitrogen and oxygen atoms in total. The number of rotatable bonds is 8. The number of likely N-dealkylation sites (tertiary alicyclic amines) is 1. The molecule has 0 bridgehead atoms. The van der Waals surface area contributed by atoms with Crippen molar-refractivity contribution in [2.75, 3.05) is 26.7 Å². The van der Waals surface area contributed by atoms with Gasteiger partial charge < -0.3 is 14.4 Å². The number of likely N-dealkylation sites (N-methyl/N-ethyl adjacent to an activating group) is 1. The van der Waals surface area contributed by atoms with Crippen LogP contribution in [0.4, 0.5) is 0 Å². The molecule has 3 rings (SSSR count). The minimum absolute atomic E-state index is 0.311. The first kappa shape index (κ1) is 19.8. The Morgan fingerprint density at radius 1 is 1.19 bits per heavy atom. The highest BCUT2D eigenvalue weighted by Gasteiger charge is 2.22. The number of aromatic nitrogens is 2. The molecule has 1 aromatic carbocycles. The number of benzene rings is 1. The second kappa shape index (κ2) is 9.29. The smallest absolute Gasteiger partial charge is 0.133 e. The van der Waals surface area contributed by atoms with Crippen molar-refractivity contribution in [1.29, 1.82) is 0 Å². The molecule has 1 unspecified atom stereocenters. The highest BCUT2D eigenvalue weighted by Crippen LogP contribution is 2.24. The number of methoxy groups -OCH3 is 1. The van der Waals surface area contributed by atoms with Crippen LogP contribution in [0.1, 0.15) is 48.6 Å². The van der Waals surface area contributed by atoms with E-state index in [1.54, 1.807) is 7.11 Å². The standard InChI is InChI=1S/C22H31N3O2/c1-5-19-11-16(3)23-22(24-19)13-17-7-8-21(26-4)18(12-17)15-27-20-9-10-25(6-2)14-20/h7-8,11-12,20H,5-6,9-10,13-15H2,1-4H3. The van der Waals surface area contributed by atoms with Gasteiger partial charge in [-0.25, -0.2) is 9.97 Å². The van der Waals surface area contributed by atoms with Gasteiger partial charge in [-0.05, 0) is 50.1 Å². The molecule has 0 spiro atoms. The summed E-state index contributed by atoms with van der Waals surface area (Å²) in [4.78, 5) is 11.7. The van der Waals surface area contributed by atoms with Gasteiger partial charge in [0.15, 0.2) is 0 Å². The highest BCUT2D eigenvalue weighted by atomic mass is 16.5. The first-order valence-electron chi connectivity index (χ1n) is 9.94. The van der Waals surface area contributed by atoms with Gasteiger partial charge in [-0.3, -0.25) is 0 Å². The van der Waals surface area contributed by atoms with Gasteiger partial charge in [-0.15, -0.1) is 0 Å². The fourth-order valence-electron chi connectivity index (χ4n) is 3.63. The molecule has 2 aromatic rings. The lowest BCUT2D eigenvalue weighted by Gasteiger charge is -2.16. The van der Waals surface area contributed by atoms with E-state index < -0.39 is 0 Å². The van der Waals surface area contributed by atoms with Crippen LogP contribution in [0.15, 0.2) is 24.3 Å². The number of hydrogen-bond donors (Lipinski definition) is 0. The Morgan fingerprint density at radius 2 is 2.04 bits per heavy atom. The predicted octanol–water partition coefficient (Wildman–Crippen LogP) is 3.56. The molecule has 1 atom stereocenters. The van der Waals surface area contributed by atoms with Gasteiger partial charge in [0.05, 0.1) is 19.8 Å². The zero-order valence-electron chi connectivity index (χ0n) is 17.0. The summed E-state index contributed by atoms with van der Waals surface area (Å²) in [6, 6.07) is 8.34. The van der Waals surface area contributed by atoms with Crippen molar-refractivity contribution in [2.24, 2.45) is 0 Å². The van der Waals surface area contributed by atoms with Crippen molar-refractivity contribution >= 4 is 0 Å². The molecule has 5 heteroatoms. The molecule has 0 N–H and O–H groups in total. The monoisotopic (exact) mass is 369 g/mol. The maximum absolute atomic E-state index is 6.17. The summed E-state index contributed by atoms with van der Waals surface area (Å²) in [5.74, 6) is 1.75. The number of ether oxygens (including phenoxy) is 2. The average molecular weight is 370 g/mol. The fourth-order valence-corrected chi connectivity index (χ4v) is 3.63. The SMILES string of the molecule is CCc1cc(C)nc(Cc2ccc(OC)c(COC3CCN(CC)C3)c2)n1. The molecule has 1 aliphatic rings. The van der Waals surface area contributed by atoms with Gasteiger partial charge in [-0.2, -0.15) is 0 Å². The van der Waals surface area contributed by atoms with Crippen molar-refractivity contribution in [3.8, 4) is 5.75 Å². The first-order chi connectivity index (χ1) is 13.1. The van der Waals surface area contributed by atoms with Crippen molar-refractivity contribution in [2.45, 2.75) is 52.7 Å². The summed E-state index contributed by atoms with van der Waals surface area (Å²) in [6.07, 6.45) is 3.06. The third-order valence-electron chi connectivity index (χ3n) is 5.17. The molecule has 0 saturated carbocycles. The molecular weight excluding hydrogens is 338 g/mol. The number of hydrogen-bond acceptors (Lipinski definition) is 5. The summed E-state index contributed by atoms with van der Waals surface area (Å²) in [5, 5.41) is 0. The molecule has 0 amide bonds. The lowest BCUT2D eigenvalue weighted by atomic mass is 10.1. The van der Waals surface area contributed by atoms with E-state index in [-0.39, 0.29) is 0 Å². The second-order valence-corrected chi connectivity index (χ2v) is 7.21. The van der Waals surface area contributed by atoms with E-state index >= 15 is 0 Å². The Hall–Kier alpha value is -1.98. The molecule has 0 aliphatic carbocycles. The van der Waals surface area contributed by atoms with Crippen LogP contribution in [-0.4, -0.2) is 47.7 Å². The Bertz CT molecular complexity index is 763. The normalized spacial score (nSPS) is 17.4. The Balaban J connectivity index is 1.70. The molecule has 0 radical (unpaired) electrons. The van der Waals surface area contributed by atoms with E-state index in [9.17, 15) is 0 Å². The molecular formula is C22H31N3O2. The quantitative estimate of drug-likeness (QED) is 0.712. The van der Waals surface area contributed by atoms with Gasteiger partial charge in [-0.1, -0.05) is 19.9 Å². The van der Waals surface area contributed by atoms with Gasteiger partial charge in [0.1, 0.15) is 11.6 Å². The fraction of sp³-hybridized carbons (Fsp3) is 0.545. The minimum atomic E-state index is 0.311. The van der Waals surface area contributed by atoms with E-state index in [2.05, 4.69) is 46.9 Å². The third kappa shape index (κ3) is 5.27. The lowest BCUT2D eigenvalue weighted by Crippen LogP contribution is -2.22. The summed E-state index contributed by atoms with van der Waals surface area (Å²) in [5.41, 5.74) is 4.39. The summed E-state index contributed by atoms with van der Waals surface area (Å²) in [6.45, 7) is 10.2. The minimum Gasteiger partial charge on any atom is -0.496 e. The second-order valence-electron chi connectivity index (χ2n) is 7.21. The summed E-state index contributed by atoms with van der Waals surface area (Å²) >= 11 is 0. The van der Waals surface area contributed by atoms with Crippen LogP contribution in [0.2, 0.25) is 0 Å². The Morgan fingerprint density at radius 3 is 2.74 bits per heavy atom. The van der Waals surface area contributed by atoms with Gasteiger partial charge in [0.25, 0.3) is 0 Å². The first-order valence-corrected chi connectivity index (χ1v) is 9.94. The molecule has 1 saturated heterocycles. The predicted molar refractivity (Wildman–Crippen MR) is 107 cm³/mol. The maximum Gasteiger partial charge on any atom is 0.133 e. The highest BCUT2D eigenvalue weighted by molar-refractivity contribution is 5.38. The molecule has 146 valence electrons.